The molecule has 5 nitrogen and oxygen atoms in total. The van der Waals surface area contributed by atoms with E-state index in [1.165, 1.54) is 5.56 Å². The van der Waals surface area contributed by atoms with E-state index in [9.17, 15) is 0 Å². The number of hydrogen-bond donors (Lipinski definition) is 0. The van der Waals surface area contributed by atoms with Gasteiger partial charge < -0.3 is 14.0 Å². The van der Waals surface area contributed by atoms with Crippen LogP contribution in [0.5, 0.6) is 0 Å². The number of nitrogens with zero attached hydrogens (tertiary/aromatic N) is 2. The van der Waals surface area contributed by atoms with Gasteiger partial charge in [0.1, 0.15) is 0 Å². The predicted molar refractivity (Wildman–Crippen MR) is 103 cm³/mol. The largest absolute Gasteiger partial charge is 0.498 e. The number of ether oxygens (including phenoxy) is 1. The maximum atomic E-state index is 6.08. The van der Waals surface area contributed by atoms with Crippen LogP contribution in [0.15, 0.2) is 42.7 Å². The first-order chi connectivity index (χ1) is 12.3. The van der Waals surface area contributed by atoms with Gasteiger partial charge in [-0.05, 0) is 39.2 Å². The molecule has 0 aliphatic carbocycles. The number of hydrogen-bond acceptors (Lipinski definition) is 4. The molecule has 0 amide bonds. The fourth-order valence-electron chi connectivity index (χ4n) is 2.90. The highest BCUT2D eigenvalue weighted by molar-refractivity contribution is 6.61. The van der Waals surface area contributed by atoms with Gasteiger partial charge in [0.25, 0.3) is 0 Å². The van der Waals surface area contributed by atoms with Crippen LogP contribution in [-0.2, 0) is 27.2 Å². The highest BCUT2D eigenvalue weighted by Crippen LogP contribution is 2.36. The molecule has 26 heavy (non-hydrogen) atoms. The summed E-state index contributed by atoms with van der Waals surface area (Å²) >= 11 is 0. The zero-order chi connectivity index (χ0) is 18.8. The molecule has 3 rings (SSSR count). The fraction of sp³-hybridized carbons (Fsp3) is 0.550. The van der Waals surface area contributed by atoms with Crippen molar-refractivity contribution in [2.45, 2.75) is 59.0 Å². The Morgan fingerprint density at radius 1 is 1.12 bits per heavy atom. The van der Waals surface area contributed by atoms with Crippen molar-refractivity contribution < 1.29 is 14.0 Å². The van der Waals surface area contributed by atoms with Crippen molar-refractivity contribution in [2.24, 2.45) is 5.92 Å². The third-order valence-corrected chi connectivity index (χ3v) is 5.19. The minimum absolute atomic E-state index is 0.335. The molecule has 1 atom stereocenters. The van der Waals surface area contributed by atoms with Gasteiger partial charge in [-0.3, -0.25) is 4.68 Å². The number of benzene rings is 1. The van der Waals surface area contributed by atoms with E-state index in [4.69, 9.17) is 14.0 Å². The number of rotatable bonds is 7. The summed E-state index contributed by atoms with van der Waals surface area (Å²) in [6.07, 6.45) is 3.84. The van der Waals surface area contributed by atoms with Crippen LogP contribution in [-0.4, -0.2) is 34.7 Å². The molecule has 0 spiro atoms. The molecule has 1 aliphatic heterocycles. The van der Waals surface area contributed by atoms with Crippen LogP contribution in [0.25, 0.3) is 0 Å². The Balaban J connectivity index is 1.49. The van der Waals surface area contributed by atoms with E-state index < -0.39 is 0 Å². The molecule has 1 fully saturated rings. The van der Waals surface area contributed by atoms with E-state index in [1.807, 2.05) is 35.3 Å². The minimum atomic E-state index is -0.363. The average Bonchev–Trinajstić information content (AvgIpc) is 3.11. The normalized spacial score (nSPS) is 19.7. The first-order valence-electron chi connectivity index (χ1n) is 9.26. The Bertz CT molecular complexity index is 699. The first-order valence-corrected chi connectivity index (χ1v) is 9.26. The summed E-state index contributed by atoms with van der Waals surface area (Å²) < 4.78 is 19.9. The van der Waals surface area contributed by atoms with E-state index >= 15 is 0 Å². The van der Waals surface area contributed by atoms with Crippen LogP contribution >= 0.6 is 0 Å². The van der Waals surface area contributed by atoms with Crippen molar-refractivity contribution in [1.29, 1.82) is 0 Å². The molecule has 1 saturated heterocycles. The van der Waals surface area contributed by atoms with Crippen LogP contribution in [0, 0.1) is 5.92 Å². The van der Waals surface area contributed by atoms with Crippen molar-refractivity contribution in [3.05, 3.63) is 48.3 Å². The lowest BCUT2D eigenvalue weighted by Crippen LogP contribution is -2.41. The van der Waals surface area contributed by atoms with Crippen molar-refractivity contribution in [1.82, 2.24) is 9.78 Å². The van der Waals surface area contributed by atoms with Crippen molar-refractivity contribution in [3.8, 4) is 0 Å². The highest BCUT2D eigenvalue weighted by Gasteiger charge is 2.52. The van der Waals surface area contributed by atoms with Crippen LogP contribution < -0.4 is 5.46 Å². The molecular formula is C20H29BN2O3. The predicted octanol–water partition coefficient (Wildman–Crippen LogP) is 3.04. The maximum absolute atomic E-state index is 6.08. The van der Waals surface area contributed by atoms with E-state index in [1.54, 1.807) is 0 Å². The summed E-state index contributed by atoms with van der Waals surface area (Å²) in [4.78, 5) is 0. The second-order valence-electron chi connectivity index (χ2n) is 8.19. The summed E-state index contributed by atoms with van der Waals surface area (Å²) in [5.74, 6) is 0.366. The van der Waals surface area contributed by atoms with Crippen LogP contribution in [0.1, 0.15) is 40.2 Å². The molecule has 0 bridgehead atoms. The molecule has 1 aromatic carbocycles. The summed E-state index contributed by atoms with van der Waals surface area (Å²) in [5.41, 5.74) is 1.49. The summed E-state index contributed by atoms with van der Waals surface area (Å²) in [7, 11) is -0.363. The molecule has 140 valence electrons. The molecular weight excluding hydrogens is 327 g/mol. The van der Waals surface area contributed by atoms with E-state index in [-0.39, 0.29) is 18.3 Å². The van der Waals surface area contributed by atoms with Crippen LogP contribution in [0.4, 0.5) is 0 Å². The van der Waals surface area contributed by atoms with Crippen LogP contribution in [0.2, 0.25) is 0 Å². The minimum Gasteiger partial charge on any atom is -0.399 e. The Morgan fingerprint density at radius 2 is 1.77 bits per heavy atom. The zero-order valence-corrected chi connectivity index (χ0v) is 16.4. The van der Waals surface area contributed by atoms with Crippen molar-refractivity contribution >= 4 is 12.6 Å². The average molecular weight is 356 g/mol. The molecule has 1 aromatic heterocycles. The fourth-order valence-corrected chi connectivity index (χ4v) is 2.90. The van der Waals surface area contributed by atoms with Crippen molar-refractivity contribution in [2.75, 3.05) is 6.61 Å². The van der Waals surface area contributed by atoms with Gasteiger partial charge >= 0.3 is 7.12 Å². The Hall–Kier alpha value is -1.63. The van der Waals surface area contributed by atoms with Gasteiger partial charge in [0.2, 0.25) is 0 Å². The van der Waals surface area contributed by atoms with Gasteiger partial charge in [-0.2, -0.15) is 5.10 Å². The van der Waals surface area contributed by atoms with Gasteiger partial charge in [0.15, 0.2) is 0 Å². The van der Waals surface area contributed by atoms with E-state index in [0.29, 0.717) is 19.1 Å². The Labute approximate surface area is 156 Å². The summed E-state index contributed by atoms with van der Waals surface area (Å²) in [6, 6.07) is 10.2. The highest BCUT2D eigenvalue weighted by atomic mass is 16.7. The third kappa shape index (κ3) is 4.37. The van der Waals surface area contributed by atoms with Gasteiger partial charge in [-0.1, -0.05) is 37.3 Å². The third-order valence-electron chi connectivity index (χ3n) is 5.19. The second kappa shape index (κ2) is 7.55. The molecule has 2 heterocycles. The monoisotopic (exact) mass is 356 g/mol. The molecule has 1 aliphatic rings. The smallest absolute Gasteiger partial charge is 0.399 e. The Morgan fingerprint density at radius 3 is 2.42 bits per heavy atom. The molecule has 6 heteroatoms. The summed E-state index contributed by atoms with van der Waals surface area (Å²) in [6.45, 7) is 12.5. The van der Waals surface area contributed by atoms with E-state index in [2.05, 4.69) is 51.9 Å². The zero-order valence-electron chi connectivity index (χ0n) is 16.4. The van der Waals surface area contributed by atoms with Gasteiger partial charge in [-0.15, -0.1) is 0 Å². The Kier molecular flexibility index (Phi) is 5.56. The van der Waals surface area contributed by atoms with Gasteiger partial charge in [-0.25, -0.2) is 0 Å². The summed E-state index contributed by atoms with van der Waals surface area (Å²) in [5, 5.41) is 4.46. The molecule has 0 saturated carbocycles. The first kappa shape index (κ1) is 19.1. The van der Waals surface area contributed by atoms with Gasteiger partial charge in [0, 0.05) is 24.4 Å². The molecule has 2 aromatic rings. The topological polar surface area (TPSA) is 45.5 Å². The van der Waals surface area contributed by atoms with Crippen LogP contribution in [0.3, 0.4) is 0 Å². The lowest BCUT2D eigenvalue weighted by atomic mass is 9.82. The molecule has 1 unspecified atom stereocenters. The van der Waals surface area contributed by atoms with E-state index in [0.717, 1.165) is 12.0 Å². The maximum Gasteiger partial charge on any atom is 0.498 e. The van der Waals surface area contributed by atoms with Crippen molar-refractivity contribution in [3.63, 3.8) is 0 Å². The lowest BCUT2D eigenvalue weighted by Gasteiger charge is -2.32. The lowest BCUT2D eigenvalue weighted by molar-refractivity contribution is 0.00578. The molecule has 0 radical (unpaired) electrons. The van der Waals surface area contributed by atoms with Gasteiger partial charge in [0.05, 0.1) is 24.4 Å². The SMILES string of the molecule is CC(COCc1ccccc1)Cn1cc(B2OC(C)(C)C(C)(C)O2)cn1. The standard InChI is InChI=1S/C20H29BN2O3/c1-16(14-24-15-17-9-7-6-8-10-17)12-23-13-18(11-22-23)21-25-19(2,3)20(4,5)26-21/h6-11,13,16H,12,14-15H2,1-5H3. The molecule has 0 N–H and O–H groups in total. The quantitative estimate of drug-likeness (QED) is 0.716. The second-order valence-corrected chi connectivity index (χ2v) is 8.19. The number of aromatic nitrogens is 2.